The molecule has 5 rings (SSSR count). The second-order valence-corrected chi connectivity index (χ2v) is 13.7. The van der Waals surface area contributed by atoms with E-state index >= 15 is 0 Å². The molecule has 1 amide bonds. The first-order chi connectivity index (χ1) is 17.4. The largest absolute Gasteiger partial charge is 0.325 e. The molecule has 2 aliphatic rings. The molecule has 0 saturated carbocycles. The van der Waals surface area contributed by atoms with Crippen LogP contribution in [0.25, 0.3) is 10.2 Å². The molecule has 192 valence electrons. The Bertz CT molecular complexity index is 1350. The lowest BCUT2D eigenvalue weighted by atomic mass is 9.89. The van der Waals surface area contributed by atoms with Crippen molar-refractivity contribution in [2.75, 3.05) is 17.6 Å². The number of nitrogens with one attached hydrogen (secondary N) is 1. The molecular weight excluding hydrogens is 513 g/mol. The third-order valence-corrected chi connectivity index (χ3v) is 11.3. The second-order valence-electron chi connectivity index (χ2n) is 9.75. The quantitative estimate of drug-likeness (QED) is 0.312. The molecule has 1 aromatic carbocycles. The number of carbonyl (C=O) groups excluding carboxylic acids is 1. The number of nitrogens with zero attached hydrogens (tertiary/aromatic N) is 3. The minimum absolute atomic E-state index is 0.0608. The number of aryl methyl sites for hydroxylation is 1. The number of carbonyl (C=O) groups is 1. The van der Waals surface area contributed by atoms with E-state index in [1.54, 1.807) is 46.2 Å². The van der Waals surface area contributed by atoms with Gasteiger partial charge < -0.3 is 5.32 Å². The summed E-state index contributed by atoms with van der Waals surface area (Å²) in [6.45, 7) is 4.89. The Morgan fingerprint density at radius 1 is 1.19 bits per heavy atom. The molecule has 0 radical (unpaired) electrons. The maximum atomic E-state index is 13.2. The third-order valence-electron chi connectivity index (χ3n) is 7.19. The zero-order chi connectivity index (χ0) is 25.3. The van der Waals surface area contributed by atoms with Crippen LogP contribution in [0.5, 0.6) is 0 Å². The first-order valence-electron chi connectivity index (χ1n) is 12.7. The van der Waals surface area contributed by atoms with Crippen molar-refractivity contribution < 1.29 is 13.2 Å². The number of anilines is 1. The molecule has 1 fully saturated rings. The Morgan fingerprint density at radius 2 is 2.00 bits per heavy atom. The van der Waals surface area contributed by atoms with Gasteiger partial charge in [-0.25, -0.2) is 18.4 Å². The normalized spacial score (nSPS) is 20.8. The number of hydrogen-bond donors (Lipinski definition) is 1. The topological polar surface area (TPSA) is 92.3 Å². The Morgan fingerprint density at radius 3 is 2.78 bits per heavy atom. The van der Waals surface area contributed by atoms with Crippen molar-refractivity contribution >= 4 is 54.9 Å². The van der Waals surface area contributed by atoms with E-state index in [1.165, 1.54) is 28.6 Å². The Hall–Kier alpha value is -2.01. The van der Waals surface area contributed by atoms with Crippen molar-refractivity contribution in [3.05, 3.63) is 41.0 Å². The van der Waals surface area contributed by atoms with E-state index in [-0.39, 0.29) is 22.6 Å². The Balaban J connectivity index is 1.24. The van der Waals surface area contributed by atoms with E-state index in [0.29, 0.717) is 18.2 Å². The molecule has 0 bridgehead atoms. The average Bonchev–Trinajstić information content (AvgIpc) is 3.25. The van der Waals surface area contributed by atoms with Gasteiger partial charge >= 0.3 is 0 Å². The van der Waals surface area contributed by atoms with Crippen LogP contribution in [0.15, 0.2) is 40.5 Å². The number of sulfonamides is 1. The second kappa shape index (κ2) is 10.8. The van der Waals surface area contributed by atoms with Gasteiger partial charge in [0.25, 0.3) is 0 Å². The fraction of sp³-hybridized carbons (Fsp3) is 0.500. The van der Waals surface area contributed by atoms with E-state index in [1.807, 2.05) is 6.92 Å². The SMILES string of the molecule is CC[C@H]1CCCCN1S(=O)(=O)c1ccc(NC(=O)CSc2ncnc3sc4c(c23)CC[C@@H](C)C4)cc1. The Labute approximate surface area is 221 Å². The van der Waals surface area contributed by atoms with Gasteiger partial charge in [0.1, 0.15) is 16.2 Å². The number of thiophene rings is 1. The highest BCUT2D eigenvalue weighted by molar-refractivity contribution is 8.00. The fourth-order valence-electron chi connectivity index (χ4n) is 5.23. The van der Waals surface area contributed by atoms with Gasteiger partial charge in [-0.15, -0.1) is 11.3 Å². The van der Waals surface area contributed by atoms with Gasteiger partial charge in [0, 0.05) is 28.5 Å². The highest BCUT2D eigenvalue weighted by atomic mass is 32.2. The summed E-state index contributed by atoms with van der Waals surface area (Å²) in [5.74, 6) is 0.760. The number of hydrogen-bond acceptors (Lipinski definition) is 7. The van der Waals surface area contributed by atoms with Gasteiger partial charge in [-0.1, -0.05) is 32.0 Å². The molecule has 2 aromatic heterocycles. The number of benzene rings is 1. The van der Waals surface area contributed by atoms with Crippen LogP contribution in [0.4, 0.5) is 5.69 Å². The Kier molecular flexibility index (Phi) is 7.67. The summed E-state index contributed by atoms with van der Waals surface area (Å²) in [5.41, 5.74) is 1.94. The van der Waals surface area contributed by atoms with Gasteiger partial charge in [-0.3, -0.25) is 4.79 Å². The van der Waals surface area contributed by atoms with Gasteiger partial charge in [0.2, 0.25) is 15.9 Å². The summed E-state index contributed by atoms with van der Waals surface area (Å²) in [5, 5.41) is 4.86. The smallest absolute Gasteiger partial charge is 0.243 e. The molecule has 36 heavy (non-hydrogen) atoms. The van der Waals surface area contributed by atoms with Crippen molar-refractivity contribution in [2.45, 2.75) is 74.8 Å². The van der Waals surface area contributed by atoms with Crippen LogP contribution in [0.3, 0.4) is 0 Å². The molecule has 0 unspecified atom stereocenters. The molecule has 3 aromatic rings. The van der Waals surface area contributed by atoms with Gasteiger partial charge in [0.05, 0.1) is 10.6 Å². The number of amides is 1. The summed E-state index contributed by atoms with van der Waals surface area (Å²) in [6, 6.07) is 6.57. The lowest BCUT2D eigenvalue weighted by Gasteiger charge is -2.34. The lowest BCUT2D eigenvalue weighted by molar-refractivity contribution is -0.113. The first kappa shape index (κ1) is 25.6. The van der Waals surface area contributed by atoms with Crippen LogP contribution in [0.2, 0.25) is 0 Å². The van der Waals surface area contributed by atoms with Gasteiger partial charge in [-0.05, 0) is 74.3 Å². The van der Waals surface area contributed by atoms with E-state index in [9.17, 15) is 13.2 Å². The number of thioether (sulfide) groups is 1. The number of rotatable bonds is 7. The minimum atomic E-state index is -3.54. The monoisotopic (exact) mass is 544 g/mol. The summed E-state index contributed by atoms with van der Waals surface area (Å²) in [6.07, 6.45) is 8.57. The van der Waals surface area contributed by atoms with Crippen LogP contribution >= 0.6 is 23.1 Å². The van der Waals surface area contributed by atoms with Crippen molar-refractivity contribution in [1.29, 1.82) is 0 Å². The zero-order valence-electron chi connectivity index (χ0n) is 20.7. The predicted octanol–water partition coefficient (Wildman–Crippen LogP) is 5.50. The molecule has 2 atom stereocenters. The maximum Gasteiger partial charge on any atom is 0.243 e. The highest BCUT2D eigenvalue weighted by Crippen LogP contribution is 2.40. The van der Waals surface area contributed by atoms with E-state index in [2.05, 4.69) is 22.2 Å². The van der Waals surface area contributed by atoms with Crippen LogP contribution in [-0.2, 0) is 27.7 Å². The molecule has 3 heterocycles. The summed E-state index contributed by atoms with van der Waals surface area (Å²) >= 11 is 3.18. The minimum Gasteiger partial charge on any atom is -0.325 e. The number of fused-ring (bicyclic) bond motifs is 3. The standard InChI is InChI=1S/C26H32N4O3S3/c1-3-19-6-4-5-13-30(19)36(32,33)20-10-8-18(9-11-20)29-23(31)15-34-25-24-21-12-7-17(2)14-22(21)35-26(24)28-16-27-25/h8-11,16-17,19H,3-7,12-15H2,1-2H3,(H,29,31)/t17-,19+/m1/s1. The van der Waals surface area contributed by atoms with Crippen LogP contribution in [-0.4, -0.2) is 46.9 Å². The van der Waals surface area contributed by atoms with Crippen LogP contribution in [0, 0.1) is 5.92 Å². The predicted molar refractivity (Wildman–Crippen MR) is 146 cm³/mol. The average molecular weight is 545 g/mol. The van der Waals surface area contributed by atoms with Crippen molar-refractivity contribution in [2.24, 2.45) is 5.92 Å². The molecule has 10 heteroatoms. The molecule has 0 spiro atoms. The maximum absolute atomic E-state index is 13.2. The third kappa shape index (κ3) is 5.18. The number of aromatic nitrogens is 2. The van der Waals surface area contributed by atoms with E-state index in [4.69, 9.17) is 0 Å². The lowest BCUT2D eigenvalue weighted by Crippen LogP contribution is -2.43. The first-order valence-corrected chi connectivity index (χ1v) is 15.9. The summed E-state index contributed by atoms with van der Waals surface area (Å²) < 4.78 is 28.0. The number of piperidine rings is 1. The van der Waals surface area contributed by atoms with Crippen LogP contribution in [0.1, 0.15) is 56.4 Å². The van der Waals surface area contributed by atoms with Gasteiger partial charge in [-0.2, -0.15) is 4.31 Å². The molecule has 1 aliphatic heterocycles. The van der Waals surface area contributed by atoms with Crippen LogP contribution < -0.4 is 5.32 Å². The summed E-state index contributed by atoms with van der Waals surface area (Å²) in [4.78, 5) is 24.4. The van der Waals surface area contributed by atoms with Crippen molar-refractivity contribution in [1.82, 2.24) is 14.3 Å². The fourth-order valence-corrected chi connectivity index (χ4v) is 9.24. The van der Waals surface area contributed by atoms with Crippen molar-refractivity contribution in [3.63, 3.8) is 0 Å². The highest BCUT2D eigenvalue weighted by Gasteiger charge is 2.32. The van der Waals surface area contributed by atoms with Gasteiger partial charge in [0.15, 0.2) is 0 Å². The zero-order valence-corrected chi connectivity index (χ0v) is 23.1. The van der Waals surface area contributed by atoms with Crippen molar-refractivity contribution in [3.8, 4) is 0 Å². The van der Waals surface area contributed by atoms with E-state index < -0.39 is 10.0 Å². The van der Waals surface area contributed by atoms with E-state index in [0.717, 1.165) is 53.8 Å². The molecule has 1 N–H and O–H groups in total. The molecule has 1 saturated heterocycles. The molecular formula is C26H32N4O3S3. The molecule has 1 aliphatic carbocycles. The summed E-state index contributed by atoms with van der Waals surface area (Å²) in [7, 11) is -3.54. The molecule has 7 nitrogen and oxygen atoms in total.